The molecular weight excluding hydrogens is 486 g/mol. The quantitative estimate of drug-likeness (QED) is 0.326. The Labute approximate surface area is 193 Å². The number of likely N-dealkylation sites (N-methyl/N-ethyl adjacent to an activating group) is 1. The summed E-state index contributed by atoms with van der Waals surface area (Å²) < 4.78 is 65.7. The lowest BCUT2D eigenvalue weighted by Gasteiger charge is -2.22. The highest BCUT2D eigenvalue weighted by molar-refractivity contribution is 7.80. The molecule has 1 atom stereocenters. The number of pyridine rings is 1. The summed E-state index contributed by atoms with van der Waals surface area (Å²) in [6.07, 6.45) is 3.66. The Hall–Kier alpha value is -1.58. The fourth-order valence-electron chi connectivity index (χ4n) is 2.91. The molecule has 1 heterocycles. The number of rotatable bonds is 11. The monoisotopic (exact) mass is 513 g/mol. The van der Waals surface area contributed by atoms with Crippen molar-refractivity contribution < 1.29 is 34.7 Å². The molecule has 0 radical (unpaired) electrons. The van der Waals surface area contributed by atoms with Crippen LogP contribution in [0.2, 0.25) is 5.02 Å². The van der Waals surface area contributed by atoms with Crippen LogP contribution < -0.4 is 5.32 Å². The Morgan fingerprint density at radius 1 is 1.16 bits per heavy atom. The van der Waals surface area contributed by atoms with E-state index >= 15 is 0 Å². The molecule has 0 bridgehead atoms. The molecule has 32 heavy (non-hydrogen) atoms. The van der Waals surface area contributed by atoms with Gasteiger partial charge < -0.3 is 10.2 Å². The van der Waals surface area contributed by atoms with Crippen LogP contribution in [0.4, 0.5) is 5.69 Å². The average Bonchev–Trinajstić information content (AvgIpc) is 2.64. The number of nitrogens with zero attached hydrogens (tertiary/aromatic N) is 2. The number of fused-ring (bicyclic) bond motifs is 1. The molecule has 0 aliphatic rings. The second-order valence-corrected chi connectivity index (χ2v) is 9.26. The summed E-state index contributed by atoms with van der Waals surface area (Å²) >= 11 is 6.03. The van der Waals surface area contributed by atoms with Gasteiger partial charge in [0.2, 0.25) is 0 Å². The Morgan fingerprint density at radius 2 is 1.81 bits per heavy atom. The molecule has 2 aromatic rings. The van der Waals surface area contributed by atoms with Crippen LogP contribution in [-0.4, -0.2) is 72.7 Å². The highest BCUT2D eigenvalue weighted by atomic mass is 35.5. The molecule has 0 fully saturated rings. The fraction of sp³-hybridized carbons (Fsp3) is 0.500. The van der Waals surface area contributed by atoms with Crippen LogP contribution in [0, 0.1) is 0 Å². The highest BCUT2D eigenvalue weighted by Gasteiger charge is 2.10. The third-order valence-corrected chi connectivity index (χ3v) is 5.00. The van der Waals surface area contributed by atoms with Gasteiger partial charge in [-0.25, -0.2) is 4.18 Å². The van der Waals surface area contributed by atoms with Crippen molar-refractivity contribution in [1.29, 1.82) is 0 Å². The van der Waals surface area contributed by atoms with Crippen LogP contribution in [0.15, 0.2) is 30.5 Å². The van der Waals surface area contributed by atoms with Gasteiger partial charge in [-0.15, -0.1) is 0 Å². The maximum absolute atomic E-state index is 10.6. The maximum Gasteiger partial charge on any atom is 0.397 e. The number of hydrogen-bond acceptors (Lipinski definition) is 8. The first-order valence-corrected chi connectivity index (χ1v) is 12.8. The van der Waals surface area contributed by atoms with Crippen LogP contribution in [-0.2, 0) is 25.0 Å². The van der Waals surface area contributed by atoms with E-state index in [4.69, 9.17) is 33.7 Å². The standard InChI is InChI=1S/C18H26ClN3O4S.H2O4S/c1-3-22(11-12-26-27(23,24)25)10-4-5-14(2)21-17-8-9-20-18-13-15(19)6-7-16(17)18;1-5(2,3)4/h6-9,13-14H,3-5,10-12H2,1-2H3,(H,20,21)(H,23,24,25);(H2,1,2,3,4). The van der Waals surface area contributed by atoms with Gasteiger partial charge in [-0.2, -0.15) is 16.8 Å². The maximum atomic E-state index is 10.6. The number of anilines is 1. The van der Waals surface area contributed by atoms with E-state index in [9.17, 15) is 8.42 Å². The first-order chi connectivity index (χ1) is 14.8. The van der Waals surface area contributed by atoms with Gasteiger partial charge >= 0.3 is 20.8 Å². The number of benzene rings is 1. The molecule has 1 aromatic carbocycles. The summed E-state index contributed by atoms with van der Waals surface area (Å²) in [4.78, 5) is 6.43. The molecule has 0 saturated heterocycles. The normalized spacial score (nSPS) is 13.0. The first kappa shape index (κ1) is 28.5. The predicted molar refractivity (Wildman–Crippen MR) is 123 cm³/mol. The van der Waals surface area contributed by atoms with Crippen LogP contribution in [0.25, 0.3) is 10.9 Å². The van der Waals surface area contributed by atoms with E-state index in [-0.39, 0.29) is 12.6 Å². The van der Waals surface area contributed by atoms with E-state index in [0.717, 1.165) is 42.5 Å². The zero-order valence-electron chi connectivity index (χ0n) is 17.7. The molecule has 1 unspecified atom stereocenters. The minimum absolute atomic E-state index is 0.0496. The molecule has 11 nitrogen and oxygen atoms in total. The van der Waals surface area contributed by atoms with Crippen molar-refractivity contribution in [2.75, 3.05) is 31.6 Å². The van der Waals surface area contributed by atoms with Gasteiger partial charge in [0.25, 0.3) is 0 Å². The lowest BCUT2D eigenvalue weighted by atomic mass is 10.1. The van der Waals surface area contributed by atoms with E-state index in [1.54, 1.807) is 6.20 Å². The molecule has 4 N–H and O–H groups in total. The molecular formula is C18H28ClN3O8S2. The summed E-state index contributed by atoms with van der Waals surface area (Å²) in [5.41, 5.74) is 1.88. The van der Waals surface area contributed by atoms with Gasteiger partial charge in [0, 0.05) is 34.9 Å². The lowest BCUT2D eigenvalue weighted by molar-refractivity contribution is 0.200. The molecule has 0 spiro atoms. The molecule has 0 aliphatic heterocycles. The number of aromatic nitrogens is 1. The largest absolute Gasteiger partial charge is 0.397 e. The minimum Gasteiger partial charge on any atom is -0.382 e. The Kier molecular flexibility index (Phi) is 11.7. The SMILES string of the molecule is CCN(CCCC(C)Nc1ccnc2cc(Cl)ccc12)CCOS(=O)(=O)O.O=S(=O)(O)O. The second kappa shape index (κ2) is 13.2. The Morgan fingerprint density at radius 3 is 2.41 bits per heavy atom. The van der Waals surface area contributed by atoms with Crippen molar-refractivity contribution in [2.45, 2.75) is 32.7 Å². The average molecular weight is 514 g/mol. The van der Waals surface area contributed by atoms with Crippen LogP contribution in [0.5, 0.6) is 0 Å². The number of nitrogens with one attached hydrogen (secondary N) is 1. The summed E-state index contributed by atoms with van der Waals surface area (Å²) in [5, 5.41) is 5.22. The van der Waals surface area contributed by atoms with E-state index in [0.29, 0.717) is 11.6 Å². The zero-order chi connectivity index (χ0) is 24.4. The molecule has 0 aliphatic carbocycles. The second-order valence-electron chi connectivity index (χ2n) is 6.84. The Balaban J connectivity index is 0.000000920. The van der Waals surface area contributed by atoms with Crippen molar-refractivity contribution >= 4 is 49.0 Å². The van der Waals surface area contributed by atoms with Gasteiger partial charge in [-0.05, 0) is 57.1 Å². The fourth-order valence-corrected chi connectivity index (χ4v) is 3.36. The molecule has 1 aromatic heterocycles. The van der Waals surface area contributed by atoms with Gasteiger partial charge in [0.15, 0.2) is 0 Å². The smallest absolute Gasteiger partial charge is 0.382 e. The first-order valence-electron chi connectivity index (χ1n) is 9.63. The van der Waals surface area contributed by atoms with Crippen molar-refractivity contribution in [2.24, 2.45) is 0 Å². The van der Waals surface area contributed by atoms with E-state index < -0.39 is 20.8 Å². The lowest BCUT2D eigenvalue weighted by Crippen LogP contribution is -2.30. The van der Waals surface area contributed by atoms with E-state index in [1.807, 2.05) is 31.2 Å². The van der Waals surface area contributed by atoms with Gasteiger partial charge in [-0.3, -0.25) is 18.6 Å². The van der Waals surface area contributed by atoms with Crippen LogP contribution >= 0.6 is 11.6 Å². The van der Waals surface area contributed by atoms with Crippen molar-refractivity contribution in [1.82, 2.24) is 9.88 Å². The van der Waals surface area contributed by atoms with Crippen molar-refractivity contribution in [3.05, 3.63) is 35.5 Å². The van der Waals surface area contributed by atoms with Crippen molar-refractivity contribution in [3.63, 3.8) is 0 Å². The summed E-state index contributed by atoms with van der Waals surface area (Å²) in [6.45, 7) is 6.14. The molecule has 182 valence electrons. The molecule has 14 heteroatoms. The summed E-state index contributed by atoms with van der Waals surface area (Å²) in [5.74, 6) is 0. The van der Waals surface area contributed by atoms with Gasteiger partial charge in [-0.1, -0.05) is 18.5 Å². The zero-order valence-corrected chi connectivity index (χ0v) is 20.1. The number of hydrogen-bond donors (Lipinski definition) is 4. The number of halogens is 1. The summed E-state index contributed by atoms with van der Waals surface area (Å²) in [6, 6.07) is 7.89. The molecule has 0 saturated carbocycles. The van der Waals surface area contributed by atoms with Crippen LogP contribution in [0.1, 0.15) is 26.7 Å². The third kappa shape index (κ3) is 13.1. The third-order valence-electron chi connectivity index (χ3n) is 4.31. The van der Waals surface area contributed by atoms with Gasteiger partial charge in [0.1, 0.15) is 0 Å². The highest BCUT2D eigenvalue weighted by Crippen LogP contribution is 2.25. The van der Waals surface area contributed by atoms with Gasteiger partial charge in [0.05, 0.1) is 12.1 Å². The Bertz CT molecular complexity index is 1060. The molecule has 0 amide bonds. The van der Waals surface area contributed by atoms with Crippen molar-refractivity contribution in [3.8, 4) is 0 Å². The van der Waals surface area contributed by atoms with Crippen LogP contribution in [0.3, 0.4) is 0 Å². The van der Waals surface area contributed by atoms with E-state index in [2.05, 4.69) is 26.3 Å². The topological polar surface area (TPSA) is 166 Å². The predicted octanol–water partition coefficient (Wildman–Crippen LogP) is 2.96. The van der Waals surface area contributed by atoms with E-state index in [1.165, 1.54) is 0 Å². The summed E-state index contributed by atoms with van der Waals surface area (Å²) in [7, 11) is -9.03. The molecule has 2 rings (SSSR count). The minimum atomic E-state index is -4.67.